The first-order valence-electron chi connectivity index (χ1n) is 30.2. The minimum atomic E-state index is -1.58. The Balaban J connectivity index is 2.24. The monoisotopic (exact) mass is 1010 g/mol. The number of hydrogen-bond donors (Lipinski definition) is 6. The van der Waals surface area contributed by atoms with Gasteiger partial charge in [0.1, 0.15) is 24.4 Å². The van der Waals surface area contributed by atoms with E-state index < -0.39 is 49.5 Å². The normalized spacial score (nSPS) is 19.7. The van der Waals surface area contributed by atoms with Gasteiger partial charge in [0.05, 0.1) is 25.4 Å². The Morgan fingerprint density at radius 2 is 0.833 bits per heavy atom. The molecule has 72 heavy (non-hydrogen) atoms. The van der Waals surface area contributed by atoms with Crippen molar-refractivity contribution in [1.82, 2.24) is 5.32 Å². The molecule has 1 saturated heterocycles. The third kappa shape index (κ3) is 40.9. The van der Waals surface area contributed by atoms with E-state index in [1.54, 1.807) is 6.08 Å². The second kappa shape index (κ2) is 52.1. The topological polar surface area (TPSA) is 149 Å². The van der Waals surface area contributed by atoms with Crippen LogP contribution in [0, 0.1) is 0 Å². The van der Waals surface area contributed by atoms with Gasteiger partial charge < -0.3 is 40.3 Å². The number of allylic oxidation sites excluding steroid dienone is 11. The van der Waals surface area contributed by atoms with Crippen molar-refractivity contribution in [2.75, 3.05) is 13.2 Å². The van der Waals surface area contributed by atoms with Gasteiger partial charge in [0.15, 0.2) is 6.29 Å². The Hall–Kier alpha value is -2.37. The van der Waals surface area contributed by atoms with E-state index in [2.05, 4.69) is 79.9 Å². The van der Waals surface area contributed by atoms with Crippen LogP contribution in [0.5, 0.6) is 0 Å². The van der Waals surface area contributed by atoms with Crippen molar-refractivity contribution in [2.45, 2.75) is 307 Å². The van der Waals surface area contributed by atoms with Gasteiger partial charge in [-0.25, -0.2) is 0 Å². The molecular formula is C63H113NO8. The number of hydrogen-bond acceptors (Lipinski definition) is 8. The first kappa shape index (κ1) is 67.6. The van der Waals surface area contributed by atoms with Gasteiger partial charge in [-0.2, -0.15) is 0 Å². The lowest BCUT2D eigenvalue weighted by molar-refractivity contribution is -0.302. The van der Waals surface area contributed by atoms with Crippen LogP contribution in [0.2, 0.25) is 0 Å². The smallest absolute Gasteiger partial charge is 0.220 e. The number of aliphatic hydroxyl groups excluding tert-OH is 5. The molecule has 0 aromatic rings. The molecular weight excluding hydrogens is 899 g/mol. The molecule has 7 atom stereocenters. The highest BCUT2D eigenvalue weighted by Gasteiger charge is 2.44. The highest BCUT2D eigenvalue weighted by Crippen LogP contribution is 2.23. The molecule has 7 unspecified atom stereocenters. The highest BCUT2D eigenvalue weighted by atomic mass is 16.7. The standard InChI is InChI=1S/C63H113NO8/c1-3-5-7-9-11-13-15-17-19-21-23-24-25-26-27-28-29-30-31-32-33-35-36-38-40-42-44-46-48-50-52-57(66)56(55-71-63-62(70)61(69)60(68)58(54-65)72-63)64-59(67)53-51-49-47-45-43-41-39-37-34-22-20-18-16-14-12-10-8-6-4-2/h12,14,18,20,34-37,42,44,50,52,56-58,60-63,65-66,68-70H,3-11,13,15-17,19,21-33,38-41,43,45-49,51,53-55H2,1-2H3,(H,64,67)/b14-12-,20-18-,36-35+,37-34-,44-42+,52-50+. The summed E-state index contributed by atoms with van der Waals surface area (Å²) >= 11 is 0. The third-order valence-electron chi connectivity index (χ3n) is 14.0. The maximum absolute atomic E-state index is 13.0. The molecule has 0 saturated carbocycles. The van der Waals surface area contributed by atoms with Gasteiger partial charge in [0, 0.05) is 6.42 Å². The van der Waals surface area contributed by atoms with E-state index in [1.165, 1.54) is 161 Å². The number of nitrogens with one attached hydrogen (secondary N) is 1. The molecule has 9 heteroatoms. The summed E-state index contributed by atoms with van der Waals surface area (Å²) in [6, 6.07) is -0.840. The number of amides is 1. The van der Waals surface area contributed by atoms with E-state index in [4.69, 9.17) is 9.47 Å². The summed E-state index contributed by atoms with van der Waals surface area (Å²) in [5.41, 5.74) is 0. The van der Waals surface area contributed by atoms with Gasteiger partial charge >= 0.3 is 0 Å². The fraction of sp³-hybridized carbons (Fsp3) is 0.794. The van der Waals surface area contributed by atoms with E-state index in [0.717, 1.165) is 83.5 Å². The Morgan fingerprint density at radius 1 is 0.472 bits per heavy atom. The predicted octanol–water partition coefficient (Wildman–Crippen LogP) is 15.2. The van der Waals surface area contributed by atoms with Crippen molar-refractivity contribution in [3.05, 3.63) is 72.9 Å². The number of carbonyl (C=O) groups excluding carboxylic acids is 1. The molecule has 0 aromatic heterocycles. The predicted molar refractivity (Wildman–Crippen MR) is 304 cm³/mol. The van der Waals surface area contributed by atoms with Crippen LogP contribution in [0.3, 0.4) is 0 Å². The Kier molecular flexibility index (Phi) is 48.9. The molecule has 0 radical (unpaired) electrons. The maximum Gasteiger partial charge on any atom is 0.220 e. The van der Waals surface area contributed by atoms with Gasteiger partial charge in [-0.05, 0) is 83.5 Å². The van der Waals surface area contributed by atoms with Crippen LogP contribution in [0.15, 0.2) is 72.9 Å². The van der Waals surface area contributed by atoms with Gasteiger partial charge in [0.2, 0.25) is 5.91 Å². The molecule has 418 valence electrons. The van der Waals surface area contributed by atoms with Crippen molar-refractivity contribution in [2.24, 2.45) is 0 Å². The van der Waals surface area contributed by atoms with E-state index in [-0.39, 0.29) is 12.5 Å². The number of unbranched alkanes of at least 4 members (excludes halogenated alkanes) is 31. The molecule has 1 fully saturated rings. The second-order valence-electron chi connectivity index (χ2n) is 20.8. The zero-order valence-corrected chi connectivity index (χ0v) is 46.4. The molecule has 0 bridgehead atoms. The van der Waals surface area contributed by atoms with Gasteiger partial charge in [-0.3, -0.25) is 4.79 Å². The fourth-order valence-corrected chi connectivity index (χ4v) is 9.20. The average molecular weight is 1010 g/mol. The molecule has 9 nitrogen and oxygen atoms in total. The molecule has 6 N–H and O–H groups in total. The van der Waals surface area contributed by atoms with Crippen LogP contribution in [0.1, 0.15) is 264 Å². The van der Waals surface area contributed by atoms with Crippen LogP contribution in [-0.4, -0.2) is 87.5 Å². The zero-order chi connectivity index (χ0) is 52.2. The van der Waals surface area contributed by atoms with Crippen molar-refractivity contribution >= 4 is 5.91 Å². The van der Waals surface area contributed by atoms with Gasteiger partial charge in [-0.1, -0.05) is 247 Å². The summed E-state index contributed by atoms with van der Waals surface area (Å²) in [5, 5.41) is 54.5. The Bertz CT molecular complexity index is 1360. The number of aliphatic hydroxyl groups is 5. The molecule has 0 aromatic carbocycles. The Labute approximate surface area is 442 Å². The highest BCUT2D eigenvalue weighted by molar-refractivity contribution is 5.76. The third-order valence-corrected chi connectivity index (χ3v) is 14.0. The second-order valence-corrected chi connectivity index (χ2v) is 20.8. The van der Waals surface area contributed by atoms with Gasteiger partial charge in [0.25, 0.3) is 0 Å². The zero-order valence-electron chi connectivity index (χ0n) is 46.4. The van der Waals surface area contributed by atoms with E-state index >= 15 is 0 Å². The summed E-state index contributed by atoms with van der Waals surface area (Å²) < 4.78 is 11.2. The molecule has 1 rings (SSSR count). The summed E-state index contributed by atoms with van der Waals surface area (Å²) in [4.78, 5) is 13.0. The van der Waals surface area contributed by atoms with Crippen LogP contribution >= 0.6 is 0 Å². The number of carbonyl (C=O) groups is 1. The van der Waals surface area contributed by atoms with E-state index in [9.17, 15) is 30.3 Å². The largest absolute Gasteiger partial charge is 0.394 e. The Morgan fingerprint density at radius 3 is 1.29 bits per heavy atom. The van der Waals surface area contributed by atoms with Gasteiger partial charge in [-0.15, -0.1) is 0 Å². The summed E-state index contributed by atoms with van der Waals surface area (Å²) in [6.07, 6.45) is 65.5. The lowest BCUT2D eigenvalue weighted by Gasteiger charge is -2.40. The molecule has 1 heterocycles. The lowest BCUT2D eigenvalue weighted by atomic mass is 9.99. The lowest BCUT2D eigenvalue weighted by Crippen LogP contribution is -2.60. The minimum Gasteiger partial charge on any atom is -0.394 e. The molecule has 1 amide bonds. The van der Waals surface area contributed by atoms with Crippen molar-refractivity contribution in [3.8, 4) is 0 Å². The van der Waals surface area contributed by atoms with Crippen molar-refractivity contribution in [3.63, 3.8) is 0 Å². The molecule has 0 spiro atoms. The molecule has 0 aliphatic carbocycles. The molecule has 1 aliphatic rings. The summed E-state index contributed by atoms with van der Waals surface area (Å²) in [6.45, 7) is 3.74. The molecule has 1 aliphatic heterocycles. The fourth-order valence-electron chi connectivity index (χ4n) is 9.20. The van der Waals surface area contributed by atoms with E-state index in [0.29, 0.717) is 6.42 Å². The van der Waals surface area contributed by atoms with Crippen molar-refractivity contribution < 1.29 is 39.8 Å². The van der Waals surface area contributed by atoms with Crippen molar-refractivity contribution in [1.29, 1.82) is 0 Å². The first-order chi connectivity index (χ1) is 35.3. The average Bonchev–Trinajstić information content (AvgIpc) is 3.38. The van der Waals surface area contributed by atoms with Crippen LogP contribution in [0.4, 0.5) is 0 Å². The first-order valence-corrected chi connectivity index (χ1v) is 30.2. The minimum absolute atomic E-state index is 0.204. The van der Waals surface area contributed by atoms with Crippen LogP contribution in [-0.2, 0) is 14.3 Å². The van der Waals surface area contributed by atoms with Crippen LogP contribution < -0.4 is 5.32 Å². The number of ether oxygens (including phenoxy) is 2. The van der Waals surface area contributed by atoms with Crippen LogP contribution in [0.25, 0.3) is 0 Å². The number of rotatable bonds is 51. The maximum atomic E-state index is 13.0. The quantitative estimate of drug-likeness (QED) is 0.0261. The summed E-state index contributed by atoms with van der Waals surface area (Å²) in [5.74, 6) is -0.204. The van der Waals surface area contributed by atoms with E-state index in [1.807, 2.05) is 6.08 Å². The SMILES string of the molecule is CCCCC/C=C\C/C=C\C/C=C\CCCCCCCCC(=O)NC(COC1OC(CO)C(O)C(O)C1O)C(O)/C=C/CC/C=C/CC/C=C/CCCCCCCCCCCCCCCCCCCCCC. The summed E-state index contributed by atoms with van der Waals surface area (Å²) in [7, 11) is 0.